The van der Waals surface area contributed by atoms with Crippen molar-refractivity contribution in [1.82, 2.24) is 0 Å². The van der Waals surface area contributed by atoms with Crippen molar-refractivity contribution >= 4 is 0 Å². The first-order valence-corrected chi connectivity index (χ1v) is 15.1. The molecule has 1 aromatic heterocycles. The summed E-state index contributed by atoms with van der Waals surface area (Å²) >= 11 is 0. The van der Waals surface area contributed by atoms with E-state index in [4.69, 9.17) is 9.15 Å². The Morgan fingerprint density at radius 2 is 1.83 bits per heavy atom. The monoisotopic (exact) mass is 576 g/mol. The molecule has 232 valence electrons. The van der Waals surface area contributed by atoms with E-state index in [1.807, 2.05) is 13.0 Å². The molecule has 5 N–H and O–H groups in total. The summed E-state index contributed by atoms with van der Waals surface area (Å²) in [5.74, 6) is -0.148. The fourth-order valence-corrected chi connectivity index (χ4v) is 5.50. The minimum atomic E-state index is -1.47. The molecule has 2 heterocycles. The van der Waals surface area contributed by atoms with Crippen LogP contribution in [-0.2, 0) is 4.74 Å². The number of rotatable bonds is 15. The molecule has 0 bridgehead atoms. The molecule has 0 aromatic carbocycles. The van der Waals surface area contributed by atoms with E-state index in [0.29, 0.717) is 5.92 Å². The molecule has 1 saturated heterocycles. The van der Waals surface area contributed by atoms with Crippen LogP contribution in [-0.4, -0.2) is 56.6 Å². The van der Waals surface area contributed by atoms with Crippen LogP contribution in [0.3, 0.4) is 0 Å². The van der Waals surface area contributed by atoms with E-state index in [2.05, 4.69) is 39.8 Å². The molecular formula is C33H52O8. The molecule has 0 amide bonds. The minimum absolute atomic E-state index is 0.00512. The minimum Gasteiger partial charge on any atom is -0.507 e. The summed E-state index contributed by atoms with van der Waals surface area (Å²) in [6.45, 7) is 12.1. The Morgan fingerprint density at radius 1 is 1.12 bits per heavy atom. The van der Waals surface area contributed by atoms with Crippen molar-refractivity contribution in [2.24, 2.45) is 11.8 Å². The lowest BCUT2D eigenvalue weighted by Gasteiger charge is -2.36. The van der Waals surface area contributed by atoms with Crippen LogP contribution < -0.4 is 5.63 Å². The summed E-state index contributed by atoms with van der Waals surface area (Å²) in [6, 6.07) is 1.21. The Hall–Kier alpha value is -2.23. The lowest BCUT2D eigenvalue weighted by Crippen LogP contribution is -2.45. The summed E-state index contributed by atoms with van der Waals surface area (Å²) in [5.41, 5.74) is 1.09. The van der Waals surface area contributed by atoms with Crippen LogP contribution in [0.15, 0.2) is 50.7 Å². The molecule has 1 aromatic rings. The van der Waals surface area contributed by atoms with Crippen LogP contribution in [0.1, 0.15) is 110 Å². The zero-order valence-corrected chi connectivity index (χ0v) is 25.6. The molecule has 8 nitrogen and oxygen atoms in total. The highest BCUT2D eigenvalue weighted by atomic mass is 16.5. The van der Waals surface area contributed by atoms with Gasteiger partial charge in [-0.2, -0.15) is 0 Å². The highest BCUT2D eigenvalue weighted by Crippen LogP contribution is 2.36. The number of aliphatic hydroxyl groups excluding tert-OH is 4. The van der Waals surface area contributed by atoms with E-state index in [0.717, 1.165) is 12.0 Å². The van der Waals surface area contributed by atoms with Gasteiger partial charge in [0.25, 0.3) is 0 Å². The number of unbranched alkanes of at least 4 members (excludes halogenated alkanes) is 3. The van der Waals surface area contributed by atoms with Gasteiger partial charge in [0.15, 0.2) is 0 Å². The first-order chi connectivity index (χ1) is 19.4. The Balaban J connectivity index is 2.03. The predicted octanol–water partition coefficient (Wildman–Crippen LogP) is 5.44. The van der Waals surface area contributed by atoms with Crippen LogP contribution in [0.4, 0.5) is 0 Å². The topological polar surface area (TPSA) is 141 Å². The van der Waals surface area contributed by atoms with Gasteiger partial charge in [-0.05, 0) is 32.1 Å². The molecule has 1 aliphatic rings. The highest BCUT2D eigenvalue weighted by Gasteiger charge is 2.40. The predicted molar refractivity (Wildman–Crippen MR) is 161 cm³/mol. The smallest absolute Gasteiger partial charge is 0.345 e. The van der Waals surface area contributed by atoms with Crippen molar-refractivity contribution in [2.75, 3.05) is 6.61 Å². The second-order valence-electron chi connectivity index (χ2n) is 12.0. The fraction of sp³-hybridized carbons (Fsp3) is 0.667. The summed E-state index contributed by atoms with van der Waals surface area (Å²) in [4.78, 5) is 12.8. The van der Waals surface area contributed by atoms with Gasteiger partial charge < -0.3 is 34.7 Å². The van der Waals surface area contributed by atoms with Crippen molar-refractivity contribution in [2.45, 2.75) is 123 Å². The first kappa shape index (κ1) is 35.0. The Bertz CT molecular complexity index is 1090. The number of aromatic hydroxyl groups is 1. The first-order valence-electron chi connectivity index (χ1n) is 15.1. The molecule has 41 heavy (non-hydrogen) atoms. The highest BCUT2D eigenvalue weighted by molar-refractivity contribution is 5.35. The fourth-order valence-electron chi connectivity index (χ4n) is 5.50. The average molecular weight is 577 g/mol. The van der Waals surface area contributed by atoms with Gasteiger partial charge in [0.1, 0.15) is 29.3 Å². The van der Waals surface area contributed by atoms with Crippen molar-refractivity contribution in [3.63, 3.8) is 0 Å². The van der Waals surface area contributed by atoms with Gasteiger partial charge in [0.2, 0.25) is 0 Å². The summed E-state index contributed by atoms with van der Waals surface area (Å²) in [6.07, 6.45) is 9.53. The van der Waals surface area contributed by atoms with Crippen LogP contribution in [0, 0.1) is 11.8 Å². The normalized spacial score (nSPS) is 25.3. The SMILES string of the molecule is CCCCCCC(C)C/C(C)=C\C(C)/C=C(C)/C=C/C(O)C(C)c1cc(O)c([C@@H]2O[C@H](CO)C[C@H](O)[C@H]2O)c(=O)o1. The van der Waals surface area contributed by atoms with Crippen molar-refractivity contribution < 1.29 is 34.7 Å². The molecule has 1 aliphatic heterocycles. The molecule has 8 heteroatoms. The van der Waals surface area contributed by atoms with Crippen LogP contribution in [0.25, 0.3) is 0 Å². The molecule has 0 saturated carbocycles. The average Bonchev–Trinajstić information content (AvgIpc) is 2.90. The van der Waals surface area contributed by atoms with Gasteiger partial charge >= 0.3 is 5.63 Å². The number of allylic oxidation sites excluding steroid dienone is 5. The van der Waals surface area contributed by atoms with Crippen LogP contribution in [0.5, 0.6) is 5.75 Å². The zero-order valence-electron chi connectivity index (χ0n) is 25.6. The van der Waals surface area contributed by atoms with E-state index in [9.17, 15) is 30.3 Å². The number of hydrogen-bond donors (Lipinski definition) is 5. The molecular weight excluding hydrogens is 524 g/mol. The third-order valence-electron chi connectivity index (χ3n) is 7.83. The molecule has 1 fully saturated rings. The van der Waals surface area contributed by atoms with E-state index in [1.54, 1.807) is 13.0 Å². The molecule has 2 rings (SSSR count). The van der Waals surface area contributed by atoms with Gasteiger partial charge in [-0.1, -0.05) is 95.2 Å². The molecule has 0 spiro atoms. The third kappa shape index (κ3) is 10.8. The van der Waals surface area contributed by atoms with Gasteiger partial charge in [-0.3, -0.25) is 0 Å². The molecule has 0 radical (unpaired) electrons. The number of aliphatic hydroxyl groups is 4. The van der Waals surface area contributed by atoms with Crippen LogP contribution in [0.2, 0.25) is 0 Å². The Labute approximate surface area is 245 Å². The van der Waals surface area contributed by atoms with Crippen molar-refractivity contribution in [1.29, 1.82) is 0 Å². The van der Waals surface area contributed by atoms with Crippen molar-refractivity contribution in [3.8, 4) is 5.75 Å². The second-order valence-corrected chi connectivity index (χ2v) is 12.0. The lowest BCUT2D eigenvalue weighted by atomic mass is 9.93. The molecule has 8 atom stereocenters. The van der Waals surface area contributed by atoms with E-state index >= 15 is 0 Å². The maximum Gasteiger partial charge on any atom is 0.345 e. The zero-order chi connectivity index (χ0) is 30.7. The number of hydrogen-bond acceptors (Lipinski definition) is 8. The van der Waals surface area contributed by atoms with Gasteiger partial charge in [0.05, 0.1) is 24.9 Å². The maximum atomic E-state index is 12.8. The standard InChI is InChI=1S/C33H52O8/c1-7-8-9-10-11-20(2)14-22(4)16-23(5)15-21(3)12-13-26(35)24(6)29-18-27(36)30(33(39)41-29)32-31(38)28(37)17-25(19-34)40-32/h12-13,15-16,18,20,23-26,28,31-32,34-38H,7-11,14,17,19H2,1-6H3/b13-12+,21-15+,22-16-/t20?,23?,24?,25-,26?,28-,31+,32-/m0/s1. The summed E-state index contributed by atoms with van der Waals surface area (Å²) in [7, 11) is 0. The number of ether oxygens (including phenoxy) is 1. The van der Waals surface area contributed by atoms with Gasteiger partial charge in [-0.15, -0.1) is 0 Å². The van der Waals surface area contributed by atoms with Gasteiger partial charge in [0, 0.05) is 18.4 Å². The Morgan fingerprint density at radius 3 is 2.46 bits per heavy atom. The third-order valence-corrected chi connectivity index (χ3v) is 7.83. The van der Waals surface area contributed by atoms with E-state index < -0.39 is 54.4 Å². The largest absolute Gasteiger partial charge is 0.507 e. The quantitative estimate of drug-likeness (QED) is 0.106. The Kier molecular flexibility index (Phi) is 14.5. The summed E-state index contributed by atoms with van der Waals surface area (Å²) in [5, 5.41) is 51.2. The lowest BCUT2D eigenvalue weighted by molar-refractivity contribution is -0.180. The second kappa shape index (κ2) is 17.0. The van der Waals surface area contributed by atoms with Crippen LogP contribution >= 0.6 is 0 Å². The maximum absolute atomic E-state index is 12.8. The van der Waals surface area contributed by atoms with E-state index in [-0.39, 0.29) is 23.7 Å². The molecule has 0 aliphatic carbocycles. The van der Waals surface area contributed by atoms with Crippen molar-refractivity contribution in [3.05, 3.63) is 63.3 Å². The van der Waals surface area contributed by atoms with Gasteiger partial charge in [-0.25, -0.2) is 4.79 Å². The molecule has 4 unspecified atom stereocenters. The summed E-state index contributed by atoms with van der Waals surface area (Å²) < 4.78 is 10.9. The van der Waals surface area contributed by atoms with E-state index in [1.165, 1.54) is 43.7 Å².